The largest absolute Gasteiger partial charge is 0.492 e. The molecule has 0 fully saturated rings. The van der Waals surface area contributed by atoms with E-state index in [4.69, 9.17) is 14.6 Å². The Morgan fingerprint density at radius 3 is 2.65 bits per heavy atom. The Labute approximate surface area is 250 Å². The Morgan fingerprint density at radius 2 is 1.95 bits per heavy atom. The molecule has 2 aliphatic rings. The molecule has 226 valence electrons. The number of aliphatic hydroxyl groups is 1. The predicted octanol–water partition coefficient (Wildman–Crippen LogP) is 6.06. The number of carboxylic acid groups (broad SMARTS) is 1. The van der Waals surface area contributed by atoms with Gasteiger partial charge in [0.15, 0.2) is 0 Å². The molecule has 2 atom stereocenters. The summed E-state index contributed by atoms with van der Waals surface area (Å²) >= 11 is 0. The van der Waals surface area contributed by atoms with E-state index in [1.54, 1.807) is 12.1 Å². The quantitative estimate of drug-likeness (QED) is 0.326. The molecule has 2 heterocycles. The van der Waals surface area contributed by atoms with Crippen LogP contribution in [-0.2, 0) is 10.3 Å². The number of tetrazole rings is 1. The minimum absolute atomic E-state index is 0.00111. The van der Waals surface area contributed by atoms with Crippen LogP contribution in [0, 0.1) is 13.8 Å². The number of benzene rings is 2. The van der Waals surface area contributed by atoms with Gasteiger partial charge in [-0.05, 0) is 98.7 Å². The summed E-state index contributed by atoms with van der Waals surface area (Å²) in [5.74, 6) is 0.0837. The molecule has 9 nitrogen and oxygen atoms in total. The lowest BCUT2D eigenvalue weighted by Gasteiger charge is -2.21. The van der Waals surface area contributed by atoms with Gasteiger partial charge >= 0.3 is 5.97 Å². The van der Waals surface area contributed by atoms with Crippen LogP contribution in [0.25, 0.3) is 17.0 Å². The summed E-state index contributed by atoms with van der Waals surface area (Å²) < 4.78 is 27.3. The van der Waals surface area contributed by atoms with Crippen molar-refractivity contribution in [2.24, 2.45) is 0 Å². The Kier molecular flexibility index (Phi) is 8.50. The van der Waals surface area contributed by atoms with Gasteiger partial charge in [-0.1, -0.05) is 18.7 Å². The van der Waals surface area contributed by atoms with Crippen molar-refractivity contribution in [1.82, 2.24) is 20.2 Å². The van der Waals surface area contributed by atoms with Crippen molar-refractivity contribution >= 4 is 11.5 Å². The molecule has 2 aromatic carbocycles. The number of nitrogens with zero attached hydrogens (tertiary/aromatic N) is 4. The second kappa shape index (κ2) is 12.1. The van der Waals surface area contributed by atoms with Crippen LogP contribution < -0.4 is 9.47 Å². The first-order valence-electron chi connectivity index (χ1n) is 14.4. The monoisotopic (exact) mass is 588 g/mol. The molecule has 5 rings (SSSR count). The molecule has 0 saturated heterocycles. The van der Waals surface area contributed by atoms with Crippen LogP contribution in [0.5, 0.6) is 11.5 Å². The topological polar surface area (TPSA) is 120 Å². The molecule has 1 aliphatic heterocycles. The smallest absolute Gasteiger partial charge is 0.304 e. The zero-order chi connectivity index (χ0) is 30.9. The summed E-state index contributed by atoms with van der Waals surface area (Å²) in [4.78, 5) is 12.6. The van der Waals surface area contributed by atoms with Crippen LogP contribution in [-0.4, -0.2) is 55.7 Å². The summed E-state index contributed by atoms with van der Waals surface area (Å²) in [6.45, 7) is 11.9. The van der Waals surface area contributed by atoms with Crippen molar-refractivity contribution in [3.05, 3.63) is 82.7 Å². The van der Waals surface area contributed by atoms with E-state index in [0.717, 1.165) is 39.8 Å². The third-order valence-electron chi connectivity index (χ3n) is 8.06. The molecular weight excluding hydrogens is 551 g/mol. The summed E-state index contributed by atoms with van der Waals surface area (Å²) in [6, 6.07) is 9.36. The van der Waals surface area contributed by atoms with Crippen molar-refractivity contribution < 1.29 is 28.9 Å². The van der Waals surface area contributed by atoms with E-state index in [2.05, 4.69) is 22.0 Å². The van der Waals surface area contributed by atoms with Crippen LogP contribution in [0.3, 0.4) is 0 Å². The standard InChI is InChI=1S/C33H37FN4O5/c1-19-13-23(32-35-37-38(36-32)33(4,5)18-39)14-20(2)31(19)22-7-6-8-28(21(3)27(34)12-9-22)43-25-10-11-26-24(15-30(40)41)17-42-29(26)16-25/h9-14,16,24,28,39H,3,6-8,15,17-18H2,1-2,4-5H3,(H,40,41)/b22-9+,27-12+/t24-,28-/m1/s1. The number of hydrogen-bond acceptors (Lipinski definition) is 7. The highest BCUT2D eigenvalue weighted by atomic mass is 19.1. The number of hydrogen-bond donors (Lipinski definition) is 2. The van der Waals surface area contributed by atoms with E-state index in [-0.39, 0.29) is 24.5 Å². The number of aromatic nitrogens is 4. The second-order valence-corrected chi connectivity index (χ2v) is 11.9. The molecule has 0 saturated carbocycles. The number of rotatable bonds is 8. The van der Waals surface area contributed by atoms with E-state index in [0.29, 0.717) is 36.8 Å². The number of aryl methyl sites for hydroxylation is 2. The number of halogens is 1. The van der Waals surface area contributed by atoms with Crippen LogP contribution in [0.1, 0.15) is 67.7 Å². The van der Waals surface area contributed by atoms with Crippen LogP contribution in [0.2, 0.25) is 0 Å². The van der Waals surface area contributed by atoms with E-state index >= 15 is 4.39 Å². The maximum Gasteiger partial charge on any atom is 0.304 e. The molecule has 1 aliphatic carbocycles. The fourth-order valence-corrected chi connectivity index (χ4v) is 5.63. The first-order valence-corrected chi connectivity index (χ1v) is 14.4. The summed E-state index contributed by atoms with van der Waals surface area (Å²) in [5, 5.41) is 31.6. The Morgan fingerprint density at radius 1 is 1.21 bits per heavy atom. The van der Waals surface area contributed by atoms with Gasteiger partial charge in [-0.3, -0.25) is 4.79 Å². The van der Waals surface area contributed by atoms with Gasteiger partial charge in [-0.25, -0.2) is 4.39 Å². The van der Waals surface area contributed by atoms with E-state index in [1.807, 2.05) is 52.0 Å². The maximum absolute atomic E-state index is 15.4. The van der Waals surface area contributed by atoms with E-state index < -0.39 is 23.4 Å². The minimum Gasteiger partial charge on any atom is -0.492 e. The molecule has 10 heteroatoms. The Balaban J connectivity index is 1.32. The van der Waals surface area contributed by atoms with E-state index in [1.165, 1.54) is 10.9 Å². The fourth-order valence-electron chi connectivity index (χ4n) is 5.63. The fraction of sp³-hybridized carbons (Fsp3) is 0.394. The lowest BCUT2D eigenvalue weighted by atomic mass is 9.90. The van der Waals surface area contributed by atoms with Gasteiger partial charge in [-0.2, -0.15) is 4.80 Å². The molecule has 0 radical (unpaired) electrons. The van der Waals surface area contributed by atoms with Crippen LogP contribution >= 0.6 is 0 Å². The number of carbonyl (C=O) groups is 1. The number of aliphatic hydroxyl groups excluding tert-OH is 1. The minimum atomic E-state index is -0.871. The van der Waals surface area contributed by atoms with Crippen molar-refractivity contribution in [2.75, 3.05) is 13.2 Å². The molecule has 0 amide bonds. The number of aliphatic carboxylic acids is 1. The van der Waals surface area contributed by atoms with Crippen molar-refractivity contribution in [1.29, 1.82) is 0 Å². The van der Waals surface area contributed by atoms with Crippen molar-refractivity contribution in [3.8, 4) is 22.9 Å². The van der Waals surface area contributed by atoms with Crippen LogP contribution in [0.15, 0.2) is 60.5 Å². The van der Waals surface area contributed by atoms with Crippen LogP contribution in [0.4, 0.5) is 4.39 Å². The third-order valence-corrected chi connectivity index (χ3v) is 8.06. The normalized spacial score (nSPS) is 21.4. The highest BCUT2D eigenvalue weighted by Gasteiger charge is 2.28. The lowest BCUT2D eigenvalue weighted by molar-refractivity contribution is -0.137. The lowest BCUT2D eigenvalue weighted by Crippen LogP contribution is -2.32. The number of carboxylic acids is 1. The number of ether oxygens (including phenoxy) is 2. The molecule has 2 N–H and O–H groups in total. The Bertz CT molecular complexity index is 1600. The van der Waals surface area contributed by atoms with Crippen molar-refractivity contribution in [2.45, 2.75) is 70.9 Å². The molecule has 0 bridgehead atoms. The third kappa shape index (κ3) is 6.39. The second-order valence-electron chi connectivity index (χ2n) is 11.9. The summed E-state index contributed by atoms with van der Waals surface area (Å²) in [5.41, 5.74) is 5.35. The van der Waals surface area contributed by atoms with Gasteiger partial charge < -0.3 is 19.7 Å². The van der Waals surface area contributed by atoms with E-state index in [9.17, 15) is 9.90 Å². The molecule has 3 aromatic rings. The van der Waals surface area contributed by atoms with Gasteiger partial charge in [0, 0.05) is 28.7 Å². The van der Waals surface area contributed by atoms with Gasteiger partial charge in [0.05, 0.1) is 19.6 Å². The molecule has 1 aromatic heterocycles. The first kappa shape index (κ1) is 30.2. The van der Waals surface area contributed by atoms with Gasteiger partial charge in [0.25, 0.3) is 0 Å². The predicted molar refractivity (Wildman–Crippen MR) is 161 cm³/mol. The Hall–Kier alpha value is -4.31. The van der Waals surface area contributed by atoms with Gasteiger partial charge in [0.2, 0.25) is 5.82 Å². The molecule has 0 spiro atoms. The van der Waals surface area contributed by atoms with Crippen molar-refractivity contribution in [3.63, 3.8) is 0 Å². The molecule has 43 heavy (non-hydrogen) atoms. The molecule has 0 unspecified atom stereocenters. The number of fused-ring (bicyclic) bond motifs is 1. The number of allylic oxidation sites excluding steroid dienone is 3. The zero-order valence-corrected chi connectivity index (χ0v) is 24.9. The van der Waals surface area contributed by atoms with Gasteiger partial charge in [-0.15, -0.1) is 10.2 Å². The highest BCUT2D eigenvalue weighted by molar-refractivity contribution is 5.75. The summed E-state index contributed by atoms with van der Waals surface area (Å²) in [7, 11) is 0. The zero-order valence-electron chi connectivity index (χ0n) is 24.9. The average Bonchev–Trinajstić information content (AvgIpc) is 3.62. The average molecular weight is 589 g/mol. The molecular formula is C33H37FN4O5. The highest BCUT2D eigenvalue weighted by Crippen LogP contribution is 2.39. The SMILES string of the molecule is C=C1/C(F)=C\C=C(\c2c(C)cc(-c3nnn(C(C)(C)CO)n3)cc2C)CCC[C@H]1Oc1ccc2c(c1)OC[C@H]2CC(=O)O. The summed E-state index contributed by atoms with van der Waals surface area (Å²) in [6.07, 6.45) is 4.72. The maximum atomic E-state index is 15.4. The first-order chi connectivity index (χ1) is 20.5. The van der Waals surface area contributed by atoms with Gasteiger partial charge in [0.1, 0.15) is 29.0 Å².